The van der Waals surface area contributed by atoms with Crippen molar-refractivity contribution in [3.05, 3.63) is 36.2 Å². The Hall–Kier alpha value is -1.51. The molecule has 18 heavy (non-hydrogen) atoms. The molecule has 1 aromatic heterocycles. The zero-order valence-electron chi connectivity index (χ0n) is 11.3. The molecule has 0 atom stereocenters. The van der Waals surface area contributed by atoms with Crippen LogP contribution in [-0.2, 0) is 4.79 Å². The van der Waals surface area contributed by atoms with Crippen molar-refractivity contribution in [2.45, 2.75) is 51.6 Å². The van der Waals surface area contributed by atoms with Crippen LogP contribution in [0, 0.1) is 13.8 Å². The number of rotatable bonds is 3. The van der Waals surface area contributed by atoms with Gasteiger partial charge in [0.05, 0.1) is 0 Å². The summed E-state index contributed by atoms with van der Waals surface area (Å²) in [4.78, 5) is 11.3. The smallest absolute Gasteiger partial charge is 0.243 e. The van der Waals surface area contributed by atoms with Crippen molar-refractivity contribution >= 4 is 5.91 Å². The highest BCUT2D eigenvalue weighted by Gasteiger charge is 2.24. The zero-order chi connectivity index (χ0) is 13.1. The van der Waals surface area contributed by atoms with Crippen LogP contribution in [0.4, 0.5) is 0 Å². The van der Waals surface area contributed by atoms with E-state index in [2.05, 4.69) is 42.4 Å². The largest absolute Gasteiger partial charge is 0.350 e. The van der Waals surface area contributed by atoms with Crippen LogP contribution in [0.3, 0.4) is 0 Å². The van der Waals surface area contributed by atoms with Crippen LogP contribution in [0.1, 0.15) is 43.1 Å². The van der Waals surface area contributed by atoms with Gasteiger partial charge < -0.3 is 9.88 Å². The molecule has 1 N–H and O–H groups in total. The standard InChI is InChI=1S/C15H22N2O/c1-4-15(18)16-13-7-9-14(10-8-13)17-11(2)5-6-12(17)3/h4-6,13-14H,1,7-10H2,2-3H3,(H,16,18). The fourth-order valence-corrected chi connectivity index (χ4v) is 2.99. The second-order valence-electron chi connectivity index (χ2n) is 5.20. The highest BCUT2D eigenvalue weighted by atomic mass is 16.1. The molecule has 0 radical (unpaired) electrons. The molecular weight excluding hydrogens is 224 g/mol. The summed E-state index contributed by atoms with van der Waals surface area (Å²) in [5.74, 6) is -0.0493. The van der Waals surface area contributed by atoms with Crippen molar-refractivity contribution in [1.29, 1.82) is 0 Å². The molecule has 3 nitrogen and oxygen atoms in total. The van der Waals surface area contributed by atoms with Crippen LogP contribution in [0.25, 0.3) is 0 Å². The highest BCUT2D eigenvalue weighted by Crippen LogP contribution is 2.31. The van der Waals surface area contributed by atoms with Crippen molar-refractivity contribution in [2.24, 2.45) is 0 Å². The first-order valence-electron chi connectivity index (χ1n) is 6.69. The molecule has 2 rings (SSSR count). The third kappa shape index (κ3) is 2.66. The average Bonchev–Trinajstić information content (AvgIpc) is 2.70. The summed E-state index contributed by atoms with van der Waals surface area (Å²) >= 11 is 0. The Morgan fingerprint density at radius 2 is 1.83 bits per heavy atom. The maximum atomic E-state index is 11.3. The summed E-state index contributed by atoms with van der Waals surface area (Å²) in [7, 11) is 0. The zero-order valence-corrected chi connectivity index (χ0v) is 11.3. The van der Waals surface area contributed by atoms with Gasteiger partial charge in [-0.3, -0.25) is 4.79 Å². The van der Waals surface area contributed by atoms with Gasteiger partial charge >= 0.3 is 0 Å². The number of hydrogen-bond donors (Lipinski definition) is 1. The van der Waals surface area contributed by atoms with Gasteiger partial charge in [0.1, 0.15) is 0 Å². The summed E-state index contributed by atoms with van der Waals surface area (Å²) in [5, 5.41) is 3.00. The average molecular weight is 246 g/mol. The SMILES string of the molecule is C=CC(=O)NC1CCC(n2c(C)ccc2C)CC1. The Bertz CT molecular complexity index is 420. The molecule has 0 saturated heterocycles. The Kier molecular flexibility index (Phi) is 3.90. The van der Waals surface area contributed by atoms with Gasteiger partial charge in [-0.2, -0.15) is 0 Å². The van der Waals surface area contributed by atoms with Crippen LogP contribution in [0.15, 0.2) is 24.8 Å². The molecule has 0 aliphatic heterocycles. The van der Waals surface area contributed by atoms with Crippen LogP contribution < -0.4 is 5.32 Å². The molecule has 0 spiro atoms. The number of amides is 1. The predicted octanol–water partition coefficient (Wildman–Crippen LogP) is 2.89. The van der Waals surface area contributed by atoms with Gasteiger partial charge in [0, 0.05) is 23.5 Å². The molecule has 1 amide bonds. The van der Waals surface area contributed by atoms with E-state index in [4.69, 9.17) is 0 Å². The van der Waals surface area contributed by atoms with E-state index in [1.54, 1.807) is 0 Å². The Labute approximate surface area is 109 Å². The molecule has 98 valence electrons. The summed E-state index contributed by atoms with van der Waals surface area (Å²) in [6.45, 7) is 7.82. The lowest BCUT2D eigenvalue weighted by molar-refractivity contribution is -0.117. The van der Waals surface area contributed by atoms with Gasteiger partial charge in [0.2, 0.25) is 5.91 Å². The van der Waals surface area contributed by atoms with E-state index in [-0.39, 0.29) is 5.91 Å². The van der Waals surface area contributed by atoms with E-state index in [0.717, 1.165) is 25.7 Å². The van der Waals surface area contributed by atoms with Crippen molar-refractivity contribution in [3.8, 4) is 0 Å². The second-order valence-corrected chi connectivity index (χ2v) is 5.20. The van der Waals surface area contributed by atoms with Gasteiger partial charge in [0.15, 0.2) is 0 Å². The first kappa shape index (κ1) is 12.9. The van der Waals surface area contributed by atoms with E-state index < -0.39 is 0 Å². The number of nitrogens with zero attached hydrogens (tertiary/aromatic N) is 1. The quantitative estimate of drug-likeness (QED) is 0.818. The lowest BCUT2D eigenvalue weighted by Gasteiger charge is -2.31. The maximum Gasteiger partial charge on any atom is 0.243 e. The van der Waals surface area contributed by atoms with Crippen LogP contribution in [0.2, 0.25) is 0 Å². The molecule has 1 saturated carbocycles. The maximum absolute atomic E-state index is 11.3. The number of aromatic nitrogens is 1. The van der Waals surface area contributed by atoms with E-state index >= 15 is 0 Å². The third-order valence-corrected chi connectivity index (χ3v) is 3.92. The topological polar surface area (TPSA) is 34.0 Å². The fourth-order valence-electron chi connectivity index (χ4n) is 2.99. The molecule has 0 bridgehead atoms. The molecular formula is C15H22N2O. The molecule has 0 aromatic carbocycles. The Balaban J connectivity index is 1.94. The summed E-state index contributed by atoms with van der Waals surface area (Å²) in [6, 6.07) is 5.28. The molecule has 1 aliphatic carbocycles. The molecule has 3 heteroatoms. The number of carbonyl (C=O) groups is 1. The van der Waals surface area contributed by atoms with Gasteiger partial charge in [-0.15, -0.1) is 0 Å². The first-order chi connectivity index (χ1) is 8.61. The lowest BCUT2D eigenvalue weighted by atomic mass is 9.90. The summed E-state index contributed by atoms with van der Waals surface area (Å²) in [6.07, 6.45) is 5.74. The van der Waals surface area contributed by atoms with Gasteiger partial charge in [0.25, 0.3) is 0 Å². The fraction of sp³-hybridized carbons (Fsp3) is 0.533. The van der Waals surface area contributed by atoms with Gasteiger partial charge in [-0.05, 0) is 57.7 Å². The van der Waals surface area contributed by atoms with E-state index in [0.29, 0.717) is 12.1 Å². The lowest BCUT2D eigenvalue weighted by Crippen LogP contribution is -2.37. The summed E-state index contributed by atoms with van der Waals surface area (Å²) < 4.78 is 2.44. The minimum Gasteiger partial charge on any atom is -0.350 e. The number of hydrogen-bond acceptors (Lipinski definition) is 1. The number of nitrogens with one attached hydrogen (secondary N) is 1. The Morgan fingerprint density at radius 1 is 1.28 bits per heavy atom. The normalized spacial score (nSPS) is 23.7. The molecule has 0 unspecified atom stereocenters. The minimum absolute atomic E-state index is 0.0493. The first-order valence-corrected chi connectivity index (χ1v) is 6.69. The van der Waals surface area contributed by atoms with E-state index in [1.807, 2.05) is 0 Å². The van der Waals surface area contributed by atoms with Crippen molar-refractivity contribution < 1.29 is 4.79 Å². The van der Waals surface area contributed by atoms with E-state index in [9.17, 15) is 4.79 Å². The third-order valence-electron chi connectivity index (χ3n) is 3.92. The number of carbonyl (C=O) groups excluding carboxylic acids is 1. The second kappa shape index (κ2) is 5.42. The van der Waals surface area contributed by atoms with Gasteiger partial charge in [-0.1, -0.05) is 6.58 Å². The predicted molar refractivity (Wildman–Crippen MR) is 73.5 cm³/mol. The monoisotopic (exact) mass is 246 g/mol. The molecule has 1 aromatic rings. The summed E-state index contributed by atoms with van der Waals surface area (Å²) in [5.41, 5.74) is 2.68. The number of aryl methyl sites for hydroxylation is 2. The van der Waals surface area contributed by atoms with Crippen LogP contribution in [0.5, 0.6) is 0 Å². The van der Waals surface area contributed by atoms with E-state index in [1.165, 1.54) is 17.5 Å². The molecule has 1 aliphatic rings. The van der Waals surface area contributed by atoms with Crippen LogP contribution >= 0.6 is 0 Å². The van der Waals surface area contributed by atoms with Crippen molar-refractivity contribution in [2.75, 3.05) is 0 Å². The van der Waals surface area contributed by atoms with Crippen molar-refractivity contribution in [1.82, 2.24) is 9.88 Å². The molecule has 1 heterocycles. The van der Waals surface area contributed by atoms with Gasteiger partial charge in [-0.25, -0.2) is 0 Å². The minimum atomic E-state index is -0.0493. The highest BCUT2D eigenvalue weighted by molar-refractivity contribution is 5.87. The Morgan fingerprint density at radius 3 is 2.33 bits per heavy atom. The van der Waals surface area contributed by atoms with Crippen LogP contribution in [-0.4, -0.2) is 16.5 Å². The van der Waals surface area contributed by atoms with Crippen molar-refractivity contribution in [3.63, 3.8) is 0 Å². The molecule has 1 fully saturated rings.